The molecule has 134 valence electrons. The molecule has 0 aliphatic heterocycles. The number of aliphatic hydroxyl groups excluding tert-OH is 1. The summed E-state index contributed by atoms with van der Waals surface area (Å²) in [6.45, 7) is 5.62. The fourth-order valence-electron chi connectivity index (χ4n) is 2.38. The van der Waals surface area contributed by atoms with Crippen molar-refractivity contribution in [2.75, 3.05) is 13.6 Å². The van der Waals surface area contributed by atoms with Crippen molar-refractivity contribution in [2.45, 2.75) is 32.9 Å². The molecule has 7 heteroatoms. The molecule has 1 unspecified atom stereocenters. The van der Waals surface area contributed by atoms with Crippen molar-refractivity contribution in [1.82, 2.24) is 15.1 Å². The van der Waals surface area contributed by atoms with Crippen molar-refractivity contribution >= 4 is 23.7 Å². The molecule has 1 atom stereocenters. The van der Waals surface area contributed by atoms with E-state index in [1.807, 2.05) is 38.1 Å². The first-order valence-corrected chi connectivity index (χ1v) is 8.49. The first-order valence-electron chi connectivity index (χ1n) is 8.12. The van der Waals surface area contributed by atoms with Crippen LogP contribution in [0.2, 0.25) is 5.02 Å². The summed E-state index contributed by atoms with van der Waals surface area (Å²) < 4.78 is 1.61. The Balaban J connectivity index is 2.43. The van der Waals surface area contributed by atoms with Gasteiger partial charge in [0, 0.05) is 31.4 Å². The average Bonchev–Trinajstić information content (AvgIpc) is 2.91. The number of rotatable bonds is 6. The quantitative estimate of drug-likeness (QED) is 0.775. The van der Waals surface area contributed by atoms with Gasteiger partial charge in [-0.1, -0.05) is 35.9 Å². The van der Waals surface area contributed by atoms with Gasteiger partial charge in [0.15, 0.2) is 0 Å². The smallest absolute Gasteiger partial charge is 0.271 e. The predicted molar refractivity (Wildman–Crippen MR) is 101 cm³/mol. The van der Waals surface area contributed by atoms with Crippen LogP contribution in [0.3, 0.4) is 0 Å². The summed E-state index contributed by atoms with van der Waals surface area (Å²) in [5, 5.41) is 16.9. The van der Waals surface area contributed by atoms with Crippen LogP contribution in [0, 0.1) is 0 Å². The topological polar surface area (TPSA) is 79.5 Å². The molecule has 0 aliphatic carbocycles. The van der Waals surface area contributed by atoms with Gasteiger partial charge >= 0.3 is 0 Å². The lowest BCUT2D eigenvalue weighted by molar-refractivity contribution is 0.0911. The molecular weight excluding hydrogens is 340 g/mol. The van der Waals surface area contributed by atoms with E-state index in [2.05, 4.69) is 15.4 Å². The first kappa shape index (κ1) is 19.1. The summed E-state index contributed by atoms with van der Waals surface area (Å²) in [6, 6.07) is 7.59. The number of aliphatic hydroxyl groups is 1. The Morgan fingerprint density at radius 1 is 1.36 bits per heavy atom. The lowest BCUT2D eigenvalue weighted by Gasteiger charge is -2.12. The van der Waals surface area contributed by atoms with E-state index in [1.54, 1.807) is 24.9 Å². The van der Waals surface area contributed by atoms with E-state index in [0.29, 0.717) is 16.4 Å². The number of aliphatic imine (C=N–C) groups is 1. The summed E-state index contributed by atoms with van der Waals surface area (Å²) in [5.74, 6) is -0.354. The van der Waals surface area contributed by atoms with Crippen molar-refractivity contribution in [3.8, 4) is 11.3 Å². The molecule has 2 rings (SSSR count). The number of aromatic nitrogens is 2. The Morgan fingerprint density at radius 2 is 2.00 bits per heavy atom. The minimum atomic E-state index is -0.634. The zero-order chi connectivity index (χ0) is 18.6. The standard InChI is InChI=1S/C18H23ClN4O2/c1-11(2)23-17(18(25)21-9-12(3)24)15(19)16(22-23)14-7-5-13(6-8-14)10-20-4/h5-8,10-12,24H,9H2,1-4H3,(H,21,25). The maximum Gasteiger partial charge on any atom is 0.271 e. The van der Waals surface area contributed by atoms with Crippen LogP contribution in [0.25, 0.3) is 11.3 Å². The van der Waals surface area contributed by atoms with Crippen molar-refractivity contribution in [2.24, 2.45) is 4.99 Å². The fourth-order valence-corrected chi connectivity index (χ4v) is 2.70. The van der Waals surface area contributed by atoms with Gasteiger partial charge in [-0.2, -0.15) is 5.10 Å². The number of carbonyl (C=O) groups excluding carboxylic acids is 1. The van der Waals surface area contributed by atoms with E-state index in [0.717, 1.165) is 11.1 Å². The molecule has 0 bridgehead atoms. The fraction of sp³-hybridized carbons (Fsp3) is 0.389. The number of nitrogens with one attached hydrogen (secondary N) is 1. The van der Waals surface area contributed by atoms with Gasteiger partial charge in [-0.25, -0.2) is 0 Å². The highest BCUT2D eigenvalue weighted by molar-refractivity contribution is 6.36. The second-order valence-corrected chi connectivity index (χ2v) is 6.50. The zero-order valence-electron chi connectivity index (χ0n) is 14.8. The van der Waals surface area contributed by atoms with E-state index in [1.165, 1.54) is 0 Å². The van der Waals surface area contributed by atoms with Gasteiger partial charge in [0.2, 0.25) is 0 Å². The molecule has 1 heterocycles. The molecule has 0 spiro atoms. The molecule has 0 saturated heterocycles. The van der Waals surface area contributed by atoms with E-state index >= 15 is 0 Å². The van der Waals surface area contributed by atoms with Gasteiger partial charge < -0.3 is 10.4 Å². The first-order chi connectivity index (χ1) is 11.8. The van der Waals surface area contributed by atoms with Crippen LogP contribution >= 0.6 is 11.6 Å². The number of hydrogen-bond acceptors (Lipinski definition) is 4. The lowest BCUT2D eigenvalue weighted by Crippen LogP contribution is -2.32. The highest BCUT2D eigenvalue weighted by atomic mass is 35.5. The van der Waals surface area contributed by atoms with Crippen molar-refractivity contribution < 1.29 is 9.90 Å². The largest absolute Gasteiger partial charge is 0.392 e. The third-order valence-electron chi connectivity index (χ3n) is 3.58. The second-order valence-electron chi connectivity index (χ2n) is 6.12. The van der Waals surface area contributed by atoms with Gasteiger partial charge in [0.25, 0.3) is 5.91 Å². The molecule has 1 aromatic heterocycles. The maximum atomic E-state index is 12.5. The molecule has 25 heavy (non-hydrogen) atoms. The molecular formula is C18H23ClN4O2. The Kier molecular flexibility index (Phi) is 6.33. The van der Waals surface area contributed by atoms with Crippen LogP contribution in [0.1, 0.15) is 42.9 Å². The summed E-state index contributed by atoms with van der Waals surface area (Å²) in [5.41, 5.74) is 2.65. The van der Waals surface area contributed by atoms with Crippen molar-refractivity contribution in [3.05, 3.63) is 40.5 Å². The molecule has 2 N–H and O–H groups in total. The van der Waals surface area contributed by atoms with E-state index in [-0.39, 0.29) is 18.5 Å². The lowest BCUT2D eigenvalue weighted by atomic mass is 10.1. The zero-order valence-corrected chi connectivity index (χ0v) is 15.6. The molecule has 2 aromatic rings. The summed E-state index contributed by atoms with van der Waals surface area (Å²) in [4.78, 5) is 16.5. The Bertz CT molecular complexity index is 764. The molecule has 1 aromatic carbocycles. The van der Waals surface area contributed by atoms with Crippen molar-refractivity contribution in [1.29, 1.82) is 0 Å². The summed E-state index contributed by atoms with van der Waals surface area (Å²) in [7, 11) is 1.72. The normalized spacial score (nSPS) is 12.8. The number of halogens is 1. The van der Waals surface area contributed by atoms with Crippen LogP contribution < -0.4 is 5.32 Å². The average molecular weight is 363 g/mol. The van der Waals surface area contributed by atoms with Crippen LogP contribution in [0.15, 0.2) is 29.3 Å². The molecule has 0 fully saturated rings. The Morgan fingerprint density at radius 3 is 2.52 bits per heavy atom. The van der Waals surface area contributed by atoms with Crippen LogP contribution in [0.5, 0.6) is 0 Å². The number of amides is 1. The highest BCUT2D eigenvalue weighted by Gasteiger charge is 2.24. The highest BCUT2D eigenvalue weighted by Crippen LogP contribution is 2.31. The van der Waals surface area contributed by atoms with Gasteiger partial charge in [0.1, 0.15) is 11.4 Å². The minimum absolute atomic E-state index is 0.0370. The van der Waals surface area contributed by atoms with Gasteiger partial charge in [-0.15, -0.1) is 0 Å². The Labute approximate surface area is 152 Å². The van der Waals surface area contributed by atoms with E-state index < -0.39 is 6.10 Å². The third-order valence-corrected chi connectivity index (χ3v) is 3.94. The molecule has 6 nitrogen and oxygen atoms in total. The van der Waals surface area contributed by atoms with Gasteiger partial charge in [0.05, 0.1) is 11.1 Å². The second kappa shape index (κ2) is 8.27. The minimum Gasteiger partial charge on any atom is -0.392 e. The monoisotopic (exact) mass is 362 g/mol. The molecule has 0 saturated carbocycles. The molecule has 0 aliphatic rings. The SMILES string of the molecule is CN=Cc1ccc(-c2nn(C(C)C)c(C(=O)NCC(C)O)c2Cl)cc1. The molecule has 0 radical (unpaired) electrons. The molecule has 1 amide bonds. The van der Waals surface area contributed by atoms with Crippen molar-refractivity contribution in [3.63, 3.8) is 0 Å². The van der Waals surface area contributed by atoms with Gasteiger partial charge in [-0.3, -0.25) is 14.5 Å². The van der Waals surface area contributed by atoms with E-state index in [9.17, 15) is 9.90 Å². The van der Waals surface area contributed by atoms with Crippen LogP contribution in [-0.4, -0.2) is 46.7 Å². The number of hydrogen-bond donors (Lipinski definition) is 2. The summed E-state index contributed by atoms with van der Waals surface area (Å²) >= 11 is 6.49. The van der Waals surface area contributed by atoms with Crippen LogP contribution in [-0.2, 0) is 0 Å². The maximum absolute atomic E-state index is 12.5. The number of carbonyl (C=O) groups is 1. The summed E-state index contributed by atoms with van der Waals surface area (Å²) in [6.07, 6.45) is 1.12. The predicted octanol–water partition coefficient (Wildman–Crippen LogP) is 2.94. The number of nitrogens with zero attached hydrogens (tertiary/aromatic N) is 3. The van der Waals surface area contributed by atoms with E-state index in [4.69, 9.17) is 11.6 Å². The van der Waals surface area contributed by atoms with Gasteiger partial charge in [-0.05, 0) is 26.3 Å². The van der Waals surface area contributed by atoms with Crippen LogP contribution in [0.4, 0.5) is 0 Å². The number of benzene rings is 1. The Hall–Kier alpha value is -2.18. The third kappa shape index (κ3) is 4.46.